The fourth-order valence-corrected chi connectivity index (χ4v) is 3.23. The maximum atomic E-state index is 13.6. The molecule has 0 radical (unpaired) electrons. The molecular weight excluding hydrogens is 393 g/mol. The summed E-state index contributed by atoms with van der Waals surface area (Å²) in [6.45, 7) is 0.158. The molecule has 8 heteroatoms. The van der Waals surface area contributed by atoms with Gasteiger partial charge in [-0.2, -0.15) is 13.2 Å². The largest absolute Gasteiger partial charge is 0.418 e. The third-order valence-corrected chi connectivity index (χ3v) is 4.70. The van der Waals surface area contributed by atoms with E-state index in [0.29, 0.717) is 11.4 Å². The number of aromatic nitrogens is 1. The second kappa shape index (κ2) is 7.98. The van der Waals surface area contributed by atoms with E-state index in [2.05, 4.69) is 20.6 Å². The van der Waals surface area contributed by atoms with Gasteiger partial charge in [0.2, 0.25) is 5.91 Å². The Hall–Kier alpha value is -3.68. The number of carbonyl (C=O) groups is 1. The van der Waals surface area contributed by atoms with Crippen molar-refractivity contribution in [2.75, 3.05) is 10.6 Å². The van der Waals surface area contributed by atoms with E-state index in [1.807, 2.05) is 0 Å². The van der Waals surface area contributed by atoms with Crippen molar-refractivity contribution in [1.82, 2.24) is 4.98 Å². The van der Waals surface area contributed by atoms with Gasteiger partial charge in [-0.3, -0.25) is 14.8 Å². The van der Waals surface area contributed by atoms with Crippen molar-refractivity contribution in [2.45, 2.75) is 18.6 Å². The number of hydrogen-bond acceptors (Lipinski definition) is 4. The smallest absolute Gasteiger partial charge is 0.379 e. The lowest BCUT2D eigenvalue weighted by molar-refractivity contribution is -0.137. The number of nitrogens with zero attached hydrogens (tertiary/aromatic N) is 2. The summed E-state index contributed by atoms with van der Waals surface area (Å²) >= 11 is 0. The van der Waals surface area contributed by atoms with Crippen LogP contribution >= 0.6 is 0 Å². The van der Waals surface area contributed by atoms with Crippen LogP contribution in [0.25, 0.3) is 0 Å². The normalized spacial score (nSPS) is 15.8. The zero-order valence-electron chi connectivity index (χ0n) is 15.6. The zero-order chi connectivity index (χ0) is 21.1. The Kier molecular flexibility index (Phi) is 5.22. The number of alkyl halides is 3. The molecule has 1 unspecified atom stereocenters. The zero-order valence-corrected chi connectivity index (χ0v) is 15.6. The molecule has 1 aliphatic heterocycles. The van der Waals surface area contributed by atoms with E-state index in [1.54, 1.807) is 48.7 Å². The Balaban J connectivity index is 1.57. The highest BCUT2D eigenvalue weighted by molar-refractivity contribution is 6.12. The quantitative estimate of drug-likeness (QED) is 0.572. The molecule has 152 valence electrons. The molecule has 0 spiro atoms. The van der Waals surface area contributed by atoms with Gasteiger partial charge in [-0.1, -0.05) is 24.3 Å². The van der Waals surface area contributed by atoms with Crippen LogP contribution in [0.1, 0.15) is 22.7 Å². The summed E-state index contributed by atoms with van der Waals surface area (Å²) in [5.74, 6) is -0.901. The Morgan fingerprint density at radius 2 is 1.90 bits per heavy atom. The topological polar surface area (TPSA) is 66.4 Å². The summed E-state index contributed by atoms with van der Waals surface area (Å²) in [4.78, 5) is 20.4. The maximum absolute atomic E-state index is 13.6. The van der Waals surface area contributed by atoms with E-state index in [9.17, 15) is 18.0 Å². The van der Waals surface area contributed by atoms with Crippen LogP contribution in [0.3, 0.4) is 0 Å². The monoisotopic (exact) mass is 410 g/mol. The second-order valence-electron chi connectivity index (χ2n) is 6.73. The van der Waals surface area contributed by atoms with Gasteiger partial charge in [0.05, 0.1) is 23.5 Å². The Bertz CT molecular complexity index is 1100. The number of nitrogens with one attached hydrogen (secondary N) is 2. The lowest BCUT2D eigenvalue weighted by Gasteiger charge is -2.15. The number of pyridine rings is 1. The van der Waals surface area contributed by atoms with Crippen LogP contribution in [-0.4, -0.2) is 17.1 Å². The van der Waals surface area contributed by atoms with Gasteiger partial charge in [0.25, 0.3) is 0 Å². The van der Waals surface area contributed by atoms with Crippen molar-refractivity contribution in [3.8, 4) is 0 Å². The first kappa shape index (κ1) is 19.6. The molecule has 0 aliphatic carbocycles. The summed E-state index contributed by atoms with van der Waals surface area (Å²) in [7, 11) is 0. The minimum Gasteiger partial charge on any atom is -0.379 e. The van der Waals surface area contributed by atoms with E-state index < -0.39 is 17.7 Å². The van der Waals surface area contributed by atoms with Crippen molar-refractivity contribution < 1.29 is 18.0 Å². The van der Waals surface area contributed by atoms with Crippen LogP contribution < -0.4 is 10.6 Å². The molecule has 4 rings (SSSR count). The number of halogens is 3. The van der Waals surface area contributed by atoms with Gasteiger partial charge in [-0.25, -0.2) is 0 Å². The average Bonchev–Trinajstić information content (AvgIpc) is 3.06. The Morgan fingerprint density at radius 3 is 2.67 bits per heavy atom. The van der Waals surface area contributed by atoms with E-state index in [4.69, 9.17) is 0 Å². The van der Waals surface area contributed by atoms with Gasteiger partial charge < -0.3 is 10.6 Å². The van der Waals surface area contributed by atoms with Gasteiger partial charge in [0.1, 0.15) is 5.92 Å². The van der Waals surface area contributed by atoms with Crippen molar-refractivity contribution in [2.24, 2.45) is 4.99 Å². The minimum atomic E-state index is -4.56. The first-order valence-electron chi connectivity index (χ1n) is 9.21. The molecule has 0 saturated carbocycles. The molecule has 1 aromatic heterocycles. The van der Waals surface area contributed by atoms with E-state index in [0.717, 1.165) is 11.6 Å². The molecule has 2 heterocycles. The number of anilines is 2. The molecule has 0 bridgehead atoms. The summed E-state index contributed by atoms with van der Waals surface area (Å²) < 4.78 is 40.7. The molecule has 1 aliphatic rings. The molecule has 5 nitrogen and oxygen atoms in total. The molecule has 1 amide bonds. The fourth-order valence-electron chi connectivity index (χ4n) is 3.23. The highest BCUT2D eigenvalue weighted by atomic mass is 19.4. The standard InChI is InChI=1S/C22H17F3N4O/c23-22(24,25)18-11-14(8-9-20(18)28-12-15-5-3-4-10-26-15)27-13-17-16-6-1-2-7-19(16)29-21(17)30/h1-11,13,17,28H,12H2,(H,29,30). The number of benzene rings is 2. The predicted molar refractivity (Wildman–Crippen MR) is 109 cm³/mol. The summed E-state index contributed by atoms with van der Waals surface area (Å²) in [5, 5.41) is 5.52. The molecule has 1 atom stereocenters. The third-order valence-electron chi connectivity index (χ3n) is 4.70. The van der Waals surface area contributed by atoms with Gasteiger partial charge in [-0.15, -0.1) is 0 Å². The number of carbonyl (C=O) groups excluding carboxylic acids is 1. The van der Waals surface area contributed by atoms with Gasteiger partial charge in [0.15, 0.2) is 0 Å². The Morgan fingerprint density at radius 1 is 1.10 bits per heavy atom. The lowest BCUT2D eigenvalue weighted by atomic mass is 10.0. The van der Waals surface area contributed by atoms with Crippen LogP contribution in [0.5, 0.6) is 0 Å². The molecular formula is C22H17F3N4O. The number of aliphatic imine (C=N–C) groups is 1. The molecule has 30 heavy (non-hydrogen) atoms. The van der Waals surface area contributed by atoms with Gasteiger partial charge >= 0.3 is 6.18 Å². The maximum Gasteiger partial charge on any atom is 0.418 e. The number of hydrogen-bond donors (Lipinski definition) is 2. The van der Waals surface area contributed by atoms with Crippen molar-refractivity contribution in [3.05, 3.63) is 83.7 Å². The van der Waals surface area contributed by atoms with E-state index >= 15 is 0 Å². The van der Waals surface area contributed by atoms with Crippen molar-refractivity contribution >= 4 is 29.2 Å². The fraction of sp³-hybridized carbons (Fsp3) is 0.136. The number of para-hydroxylation sites is 1. The van der Waals surface area contributed by atoms with Gasteiger partial charge in [0, 0.05) is 23.8 Å². The molecule has 2 N–H and O–H groups in total. The first-order valence-corrected chi connectivity index (χ1v) is 9.21. The minimum absolute atomic E-state index is 0.0592. The SMILES string of the molecule is O=C1Nc2ccccc2C1C=Nc1ccc(NCc2ccccn2)c(C(F)(F)F)c1. The van der Waals surface area contributed by atoms with Gasteiger partial charge in [-0.05, 0) is 42.0 Å². The van der Waals surface area contributed by atoms with Crippen LogP contribution in [-0.2, 0) is 17.5 Å². The number of fused-ring (bicyclic) bond motifs is 1. The van der Waals surface area contributed by atoms with Crippen LogP contribution in [0.4, 0.5) is 30.2 Å². The number of amides is 1. The summed E-state index contributed by atoms with van der Waals surface area (Å²) in [5.41, 5.74) is 1.28. The third kappa shape index (κ3) is 4.17. The lowest BCUT2D eigenvalue weighted by Crippen LogP contribution is -2.13. The van der Waals surface area contributed by atoms with E-state index in [-0.39, 0.29) is 23.8 Å². The highest BCUT2D eigenvalue weighted by Gasteiger charge is 2.34. The van der Waals surface area contributed by atoms with Crippen LogP contribution in [0.2, 0.25) is 0 Å². The highest BCUT2D eigenvalue weighted by Crippen LogP contribution is 2.38. The molecule has 0 fully saturated rings. The first-order chi connectivity index (χ1) is 14.4. The average molecular weight is 410 g/mol. The van der Waals surface area contributed by atoms with Crippen molar-refractivity contribution in [3.63, 3.8) is 0 Å². The summed E-state index contributed by atoms with van der Waals surface area (Å²) in [6, 6.07) is 16.2. The number of rotatable bonds is 5. The van der Waals surface area contributed by atoms with Crippen LogP contribution in [0, 0.1) is 0 Å². The van der Waals surface area contributed by atoms with Crippen molar-refractivity contribution in [1.29, 1.82) is 0 Å². The molecule has 0 saturated heterocycles. The Labute approximate surface area is 170 Å². The van der Waals surface area contributed by atoms with Crippen LogP contribution in [0.15, 0.2) is 71.9 Å². The summed E-state index contributed by atoms with van der Waals surface area (Å²) in [6.07, 6.45) is -1.61. The molecule has 3 aromatic rings. The second-order valence-corrected chi connectivity index (χ2v) is 6.73. The van der Waals surface area contributed by atoms with E-state index in [1.165, 1.54) is 18.3 Å². The predicted octanol–water partition coefficient (Wildman–Crippen LogP) is 5.15. The molecule has 2 aromatic carbocycles.